The van der Waals surface area contributed by atoms with E-state index in [0.717, 1.165) is 21.8 Å². The fourth-order valence-electron chi connectivity index (χ4n) is 3.97. The highest BCUT2D eigenvalue weighted by Gasteiger charge is 2.22. The van der Waals surface area contributed by atoms with Crippen molar-refractivity contribution in [3.05, 3.63) is 82.6 Å². The van der Waals surface area contributed by atoms with E-state index in [2.05, 4.69) is 11.9 Å². The third-order valence-electron chi connectivity index (χ3n) is 6.15. The molecule has 0 radical (unpaired) electrons. The van der Waals surface area contributed by atoms with Crippen LogP contribution in [0.25, 0.3) is 0 Å². The van der Waals surface area contributed by atoms with Crippen molar-refractivity contribution < 1.29 is 23.8 Å². The minimum atomic E-state index is -0.375. The molecule has 0 aliphatic carbocycles. The van der Waals surface area contributed by atoms with Crippen LogP contribution in [0, 0.1) is 6.92 Å². The Morgan fingerprint density at radius 3 is 2.38 bits per heavy atom. The summed E-state index contributed by atoms with van der Waals surface area (Å²) in [5, 5.41) is 4.89. The highest BCUT2D eigenvalue weighted by Crippen LogP contribution is 2.28. The van der Waals surface area contributed by atoms with E-state index in [1.54, 1.807) is 60.8 Å². The Morgan fingerprint density at radius 2 is 1.77 bits per heavy atom. The van der Waals surface area contributed by atoms with Crippen LogP contribution in [-0.2, 0) is 17.8 Å². The van der Waals surface area contributed by atoms with Gasteiger partial charge < -0.3 is 29.3 Å². The van der Waals surface area contributed by atoms with Crippen LogP contribution >= 0.6 is 11.3 Å². The fourth-order valence-corrected chi connectivity index (χ4v) is 4.89. The molecular weight excluding hydrogens is 514 g/mol. The van der Waals surface area contributed by atoms with E-state index < -0.39 is 0 Å². The van der Waals surface area contributed by atoms with Gasteiger partial charge in [-0.3, -0.25) is 4.79 Å². The number of nitrogens with one attached hydrogen (secondary N) is 1. The van der Waals surface area contributed by atoms with Gasteiger partial charge in [0.25, 0.3) is 0 Å². The maximum atomic E-state index is 13.6. The summed E-state index contributed by atoms with van der Waals surface area (Å²) in [5.74, 6) is 1.88. The monoisotopic (exact) mass is 551 g/mol. The zero-order chi connectivity index (χ0) is 28.2. The molecule has 0 atom stereocenters. The first-order valence-corrected chi connectivity index (χ1v) is 13.7. The van der Waals surface area contributed by atoms with Gasteiger partial charge in [0.2, 0.25) is 5.91 Å². The lowest BCUT2D eigenvalue weighted by Gasteiger charge is -2.27. The maximum Gasteiger partial charge on any atom is 0.322 e. The Hall–Kier alpha value is -3.98. The molecule has 1 aromatic heterocycles. The summed E-state index contributed by atoms with van der Waals surface area (Å²) in [5.41, 5.74) is 2.77. The van der Waals surface area contributed by atoms with E-state index in [-0.39, 0.29) is 25.0 Å². The molecule has 0 saturated heterocycles. The van der Waals surface area contributed by atoms with Crippen molar-refractivity contribution in [1.82, 2.24) is 9.80 Å². The molecule has 9 heteroatoms. The van der Waals surface area contributed by atoms with Crippen LogP contribution in [0.2, 0.25) is 0 Å². The zero-order valence-electron chi connectivity index (χ0n) is 23.1. The number of carbonyl (C=O) groups excluding carboxylic acids is 2. The van der Waals surface area contributed by atoms with E-state index in [0.29, 0.717) is 43.3 Å². The van der Waals surface area contributed by atoms with E-state index in [1.165, 1.54) is 4.90 Å². The van der Waals surface area contributed by atoms with Gasteiger partial charge in [0.05, 0.1) is 27.4 Å². The highest BCUT2D eigenvalue weighted by molar-refractivity contribution is 7.10. The van der Waals surface area contributed by atoms with Crippen LogP contribution in [-0.4, -0.2) is 62.2 Å². The molecule has 1 N–H and O–H groups in total. The van der Waals surface area contributed by atoms with Gasteiger partial charge >= 0.3 is 6.03 Å². The number of anilines is 1. The van der Waals surface area contributed by atoms with E-state index in [9.17, 15) is 9.59 Å². The summed E-state index contributed by atoms with van der Waals surface area (Å²) in [7, 11) is 3.20. The van der Waals surface area contributed by atoms with Crippen LogP contribution in [0.5, 0.6) is 17.2 Å². The number of rotatable bonds is 14. The van der Waals surface area contributed by atoms with Gasteiger partial charge in [-0.05, 0) is 79.2 Å². The van der Waals surface area contributed by atoms with Crippen LogP contribution in [0.15, 0.2) is 66.6 Å². The number of amides is 3. The topological polar surface area (TPSA) is 80.3 Å². The molecule has 3 amide bonds. The number of ether oxygens (including phenoxy) is 3. The highest BCUT2D eigenvalue weighted by atomic mass is 32.1. The van der Waals surface area contributed by atoms with Gasteiger partial charge in [-0.25, -0.2) is 4.79 Å². The second-order valence-corrected chi connectivity index (χ2v) is 9.84. The summed E-state index contributed by atoms with van der Waals surface area (Å²) in [4.78, 5) is 31.1. The Morgan fingerprint density at radius 1 is 1.03 bits per heavy atom. The lowest BCUT2D eigenvalue weighted by molar-refractivity contribution is -0.132. The third kappa shape index (κ3) is 8.51. The van der Waals surface area contributed by atoms with E-state index in [1.807, 2.05) is 43.5 Å². The number of hydrogen-bond acceptors (Lipinski definition) is 6. The molecule has 3 rings (SSSR count). The molecule has 3 aromatic rings. The van der Waals surface area contributed by atoms with Crippen molar-refractivity contribution >= 4 is 29.0 Å². The second kappa shape index (κ2) is 14.8. The van der Waals surface area contributed by atoms with Crippen LogP contribution in [0.1, 0.15) is 22.9 Å². The average Bonchev–Trinajstić information content (AvgIpc) is 3.35. The molecule has 0 spiro atoms. The van der Waals surface area contributed by atoms with Crippen molar-refractivity contribution in [3.63, 3.8) is 0 Å². The molecule has 0 aliphatic rings. The van der Waals surface area contributed by atoms with Crippen LogP contribution in [0.3, 0.4) is 0 Å². The van der Waals surface area contributed by atoms with Crippen molar-refractivity contribution in [3.8, 4) is 17.2 Å². The van der Waals surface area contributed by atoms with Gasteiger partial charge in [0.1, 0.15) is 12.3 Å². The molecule has 208 valence electrons. The number of benzene rings is 2. The summed E-state index contributed by atoms with van der Waals surface area (Å²) < 4.78 is 16.2. The van der Waals surface area contributed by atoms with Crippen molar-refractivity contribution in [1.29, 1.82) is 0 Å². The number of carbonyl (C=O) groups is 2. The standard InChI is InChI=1S/C30H37N3O5S/c1-6-16-33(30(35)31-24-9-11-25(12-10-24)38-7-2)21-29(34)32(20-28-22(3)15-18-39-28)17-14-23-8-13-26(36-4)27(19-23)37-5/h6,8-13,15,18-19H,1,7,14,16-17,20-21H2,2-5H3,(H,31,35). The molecule has 39 heavy (non-hydrogen) atoms. The first kappa shape index (κ1) is 29.6. The van der Waals surface area contributed by atoms with Gasteiger partial charge in [0.15, 0.2) is 11.5 Å². The molecule has 0 aliphatic heterocycles. The third-order valence-corrected chi connectivity index (χ3v) is 7.16. The van der Waals surface area contributed by atoms with Gasteiger partial charge in [-0.2, -0.15) is 0 Å². The molecule has 0 unspecified atom stereocenters. The molecular formula is C30H37N3O5S. The second-order valence-electron chi connectivity index (χ2n) is 8.84. The summed E-state index contributed by atoms with van der Waals surface area (Å²) >= 11 is 1.62. The van der Waals surface area contributed by atoms with Crippen molar-refractivity contribution in [2.45, 2.75) is 26.8 Å². The molecule has 0 bridgehead atoms. The van der Waals surface area contributed by atoms with Gasteiger partial charge in [-0.1, -0.05) is 12.1 Å². The van der Waals surface area contributed by atoms with Crippen molar-refractivity contribution in [2.75, 3.05) is 45.8 Å². The van der Waals surface area contributed by atoms with Gasteiger partial charge in [0, 0.05) is 23.7 Å². The smallest absolute Gasteiger partial charge is 0.322 e. The quantitative estimate of drug-likeness (QED) is 0.258. The Balaban J connectivity index is 1.73. The number of urea groups is 1. The van der Waals surface area contributed by atoms with Gasteiger partial charge in [-0.15, -0.1) is 17.9 Å². The summed E-state index contributed by atoms with van der Waals surface area (Å²) in [6, 6.07) is 14.5. The van der Waals surface area contributed by atoms with Crippen LogP contribution in [0.4, 0.5) is 10.5 Å². The Labute approximate surface area is 234 Å². The van der Waals surface area contributed by atoms with E-state index >= 15 is 0 Å². The predicted octanol–water partition coefficient (Wildman–Crippen LogP) is 5.76. The lowest BCUT2D eigenvalue weighted by atomic mass is 10.1. The zero-order valence-corrected chi connectivity index (χ0v) is 23.9. The predicted molar refractivity (Wildman–Crippen MR) is 156 cm³/mol. The average molecular weight is 552 g/mol. The Bertz CT molecular complexity index is 1240. The maximum absolute atomic E-state index is 13.6. The SMILES string of the molecule is C=CCN(CC(=O)N(CCc1ccc(OC)c(OC)c1)Cc1sccc1C)C(=O)Nc1ccc(OCC)cc1. The number of hydrogen-bond donors (Lipinski definition) is 1. The number of aryl methyl sites for hydroxylation is 1. The summed E-state index contributed by atoms with van der Waals surface area (Å²) in [6.45, 7) is 9.39. The Kier molecular flexibility index (Phi) is 11.2. The minimum Gasteiger partial charge on any atom is -0.494 e. The number of thiophene rings is 1. The van der Waals surface area contributed by atoms with Crippen molar-refractivity contribution in [2.24, 2.45) is 0 Å². The molecule has 1 heterocycles. The fraction of sp³-hybridized carbons (Fsp3) is 0.333. The lowest BCUT2D eigenvalue weighted by Crippen LogP contribution is -2.44. The molecule has 2 aromatic carbocycles. The van der Waals surface area contributed by atoms with Crippen LogP contribution < -0.4 is 19.5 Å². The number of methoxy groups -OCH3 is 2. The molecule has 0 fully saturated rings. The minimum absolute atomic E-state index is 0.0781. The summed E-state index contributed by atoms with van der Waals surface area (Å²) in [6.07, 6.45) is 2.23. The first-order valence-electron chi connectivity index (χ1n) is 12.8. The van der Waals surface area contributed by atoms with E-state index in [4.69, 9.17) is 14.2 Å². The largest absolute Gasteiger partial charge is 0.494 e. The number of nitrogens with zero attached hydrogens (tertiary/aromatic N) is 2. The molecule has 8 nitrogen and oxygen atoms in total. The normalized spacial score (nSPS) is 10.5. The molecule has 0 saturated carbocycles. The first-order chi connectivity index (χ1) is 18.9.